The number of hydrogen-bond acceptors (Lipinski definition) is 2. The highest BCUT2D eigenvalue weighted by Crippen LogP contribution is 2.33. The van der Waals surface area contributed by atoms with E-state index in [1.807, 2.05) is 31.2 Å². The zero-order valence-corrected chi connectivity index (χ0v) is 12.2. The number of para-hydroxylation sites is 1. The molecule has 0 aromatic heterocycles. The van der Waals surface area contributed by atoms with Crippen LogP contribution in [-0.4, -0.2) is 0 Å². The van der Waals surface area contributed by atoms with E-state index in [4.69, 9.17) is 10.5 Å². The molecule has 0 saturated carbocycles. The molecule has 0 radical (unpaired) electrons. The first-order chi connectivity index (χ1) is 9.17. The molecule has 2 aromatic carbocycles. The average molecular weight is 324 g/mol. The van der Waals surface area contributed by atoms with Gasteiger partial charge in [0, 0.05) is 6.54 Å². The van der Waals surface area contributed by atoms with E-state index in [9.17, 15) is 4.39 Å². The lowest BCUT2D eigenvalue weighted by Gasteiger charge is -2.12. The second kappa shape index (κ2) is 6.17. The molecule has 0 fully saturated rings. The molecule has 0 saturated heterocycles. The Labute approximate surface area is 120 Å². The molecule has 0 aliphatic carbocycles. The summed E-state index contributed by atoms with van der Waals surface area (Å²) in [5, 5.41) is 0. The van der Waals surface area contributed by atoms with E-state index in [1.54, 1.807) is 12.1 Å². The van der Waals surface area contributed by atoms with Gasteiger partial charge in [0.1, 0.15) is 5.75 Å². The van der Waals surface area contributed by atoms with Crippen molar-refractivity contribution in [2.75, 3.05) is 0 Å². The molecule has 0 bridgehead atoms. The quantitative estimate of drug-likeness (QED) is 0.904. The SMILES string of the molecule is CCc1ccccc1Oc1ccc(CN)c(Br)c1F. The summed E-state index contributed by atoms with van der Waals surface area (Å²) in [6, 6.07) is 11.0. The van der Waals surface area contributed by atoms with Crippen molar-refractivity contribution in [3.63, 3.8) is 0 Å². The van der Waals surface area contributed by atoms with Gasteiger partial charge >= 0.3 is 0 Å². The molecular weight excluding hydrogens is 309 g/mol. The summed E-state index contributed by atoms with van der Waals surface area (Å²) in [4.78, 5) is 0. The van der Waals surface area contributed by atoms with Crippen molar-refractivity contribution in [1.82, 2.24) is 0 Å². The summed E-state index contributed by atoms with van der Waals surface area (Å²) in [7, 11) is 0. The van der Waals surface area contributed by atoms with Crippen LogP contribution in [0.2, 0.25) is 0 Å². The van der Waals surface area contributed by atoms with Crippen LogP contribution in [0, 0.1) is 5.82 Å². The Morgan fingerprint density at radius 1 is 1.11 bits per heavy atom. The fraction of sp³-hybridized carbons (Fsp3) is 0.200. The van der Waals surface area contributed by atoms with Gasteiger partial charge in [-0.05, 0) is 45.6 Å². The Kier molecular flexibility index (Phi) is 4.56. The minimum atomic E-state index is -0.422. The molecule has 2 N–H and O–H groups in total. The summed E-state index contributed by atoms with van der Waals surface area (Å²) in [5.74, 6) is 0.454. The van der Waals surface area contributed by atoms with Gasteiger partial charge in [0.2, 0.25) is 0 Å². The maximum Gasteiger partial charge on any atom is 0.180 e. The van der Waals surface area contributed by atoms with E-state index >= 15 is 0 Å². The fourth-order valence-electron chi connectivity index (χ4n) is 1.82. The molecule has 100 valence electrons. The van der Waals surface area contributed by atoms with Crippen molar-refractivity contribution in [2.24, 2.45) is 5.73 Å². The molecule has 0 unspecified atom stereocenters. The molecule has 0 amide bonds. The molecule has 0 heterocycles. The van der Waals surface area contributed by atoms with E-state index < -0.39 is 5.82 Å². The fourth-order valence-corrected chi connectivity index (χ4v) is 2.31. The smallest absolute Gasteiger partial charge is 0.180 e. The van der Waals surface area contributed by atoms with Crippen molar-refractivity contribution in [1.29, 1.82) is 0 Å². The Bertz CT molecular complexity index is 586. The number of benzene rings is 2. The van der Waals surface area contributed by atoms with E-state index in [2.05, 4.69) is 15.9 Å². The predicted octanol–water partition coefficient (Wildman–Crippen LogP) is 4.40. The van der Waals surface area contributed by atoms with Crippen LogP contribution in [0.25, 0.3) is 0 Å². The molecular formula is C15H15BrFNO. The second-order valence-corrected chi connectivity index (χ2v) is 4.91. The average Bonchev–Trinajstić information content (AvgIpc) is 2.45. The first-order valence-electron chi connectivity index (χ1n) is 6.10. The zero-order valence-electron chi connectivity index (χ0n) is 10.6. The third-order valence-electron chi connectivity index (χ3n) is 2.92. The Morgan fingerprint density at radius 2 is 1.84 bits per heavy atom. The monoisotopic (exact) mass is 323 g/mol. The predicted molar refractivity (Wildman–Crippen MR) is 77.9 cm³/mol. The van der Waals surface area contributed by atoms with E-state index in [0.29, 0.717) is 15.8 Å². The number of halogens is 2. The van der Waals surface area contributed by atoms with Gasteiger partial charge in [0.05, 0.1) is 4.47 Å². The minimum Gasteiger partial charge on any atom is -0.454 e. The molecule has 4 heteroatoms. The molecule has 2 rings (SSSR count). The topological polar surface area (TPSA) is 35.2 Å². The number of rotatable bonds is 4. The summed E-state index contributed by atoms with van der Waals surface area (Å²) in [5.41, 5.74) is 7.29. The van der Waals surface area contributed by atoms with Gasteiger partial charge in [0.15, 0.2) is 11.6 Å². The van der Waals surface area contributed by atoms with Crippen LogP contribution in [0.3, 0.4) is 0 Å². The van der Waals surface area contributed by atoms with E-state index in [-0.39, 0.29) is 12.3 Å². The van der Waals surface area contributed by atoms with Crippen LogP contribution >= 0.6 is 15.9 Å². The highest BCUT2D eigenvalue weighted by Gasteiger charge is 2.13. The van der Waals surface area contributed by atoms with Gasteiger partial charge in [-0.25, -0.2) is 4.39 Å². The van der Waals surface area contributed by atoms with Crippen molar-refractivity contribution in [3.05, 3.63) is 57.8 Å². The minimum absolute atomic E-state index is 0.199. The summed E-state index contributed by atoms with van der Waals surface area (Å²) >= 11 is 3.21. The van der Waals surface area contributed by atoms with Crippen LogP contribution in [0.15, 0.2) is 40.9 Å². The maximum absolute atomic E-state index is 14.1. The molecule has 0 spiro atoms. The number of ether oxygens (including phenoxy) is 1. The largest absolute Gasteiger partial charge is 0.454 e. The summed E-state index contributed by atoms with van der Waals surface area (Å²) in [6.07, 6.45) is 0.833. The van der Waals surface area contributed by atoms with Crippen molar-refractivity contribution >= 4 is 15.9 Å². The van der Waals surface area contributed by atoms with Crippen molar-refractivity contribution < 1.29 is 9.13 Å². The first-order valence-corrected chi connectivity index (χ1v) is 6.89. The van der Waals surface area contributed by atoms with Gasteiger partial charge in [0.25, 0.3) is 0 Å². The van der Waals surface area contributed by atoms with Gasteiger partial charge in [-0.1, -0.05) is 31.2 Å². The molecule has 0 aliphatic heterocycles. The van der Waals surface area contributed by atoms with Gasteiger partial charge < -0.3 is 10.5 Å². The Morgan fingerprint density at radius 3 is 2.53 bits per heavy atom. The third-order valence-corrected chi connectivity index (χ3v) is 3.78. The Hall–Kier alpha value is -1.39. The van der Waals surface area contributed by atoms with Gasteiger partial charge in [-0.3, -0.25) is 0 Å². The lowest BCUT2D eigenvalue weighted by Crippen LogP contribution is -2.00. The van der Waals surface area contributed by atoms with Crippen LogP contribution in [-0.2, 0) is 13.0 Å². The third kappa shape index (κ3) is 2.96. The summed E-state index contributed by atoms with van der Waals surface area (Å²) in [6.45, 7) is 2.31. The van der Waals surface area contributed by atoms with Crippen LogP contribution in [0.1, 0.15) is 18.1 Å². The lowest BCUT2D eigenvalue weighted by molar-refractivity contribution is 0.435. The standard InChI is InChI=1S/C15H15BrFNO/c1-2-10-5-3-4-6-12(10)19-13-8-7-11(9-18)14(16)15(13)17/h3-8H,2,9,18H2,1H3. The van der Waals surface area contributed by atoms with Crippen LogP contribution in [0.5, 0.6) is 11.5 Å². The lowest BCUT2D eigenvalue weighted by atomic mass is 10.1. The number of hydrogen-bond donors (Lipinski definition) is 1. The van der Waals surface area contributed by atoms with Crippen molar-refractivity contribution in [2.45, 2.75) is 19.9 Å². The highest BCUT2D eigenvalue weighted by molar-refractivity contribution is 9.10. The van der Waals surface area contributed by atoms with Crippen LogP contribution in [0.4, 0.5) is 4.39 Å². The number of aryl methyl sites for hydroxylation is 1. The highest BCUT2D eigenvalue weighted by atomic mass is 79.9. The normalized spacial score (nSPS) is 10.5. The number of nitrogens with two attached hydrogens (primary N) is 1. The van der Waals surface area contributed by atoms with E-state index in [1.165, 1.54) is 0 Å². The maximum atomic E-state index is 14.1. The second-order valence-electron chi connectivity index (χ2n) is 4.12. The molecule has 19 heavy (non-hydrogen) atoms. The molecule has 2 nitrogen and oxygen atoms in total. The first kappa shape index (κ1) is 14.0. The summed E-state index contributed by atoms with van der Waals surface area (Å²) < 4.78 is 20.2. The van der Waals surface area contributed by atoms with Gasteiger partial charge in [-0.2, -0.15) is 0 Å². The molecule has 0 aliphatic rings. The van der Waals surface area contributed by atoms with Crippen molar-refractivity contribution in [3.8, 4) is 11.5 Å². The Balaban J connectivity index is 2.36. The molecule has 2 aromatic rings. The van der Waals surface area contributed by atoms with Crippen LogP contribution < -0.4 is 10.5 Å². The van der Waals surface area contributed by atoms with E-state index in [0.717, 1.165) is 12.0 Å². The molecule has 0 atom stereocenters. The van der Waals surface area contributed by atoms with Gasteiger partial charge in [-0.15, -0.1) is 0 Å². The zero-order chi connectivity index (χ0) is 13.8.